The monoisotopic (exact) mass is 1440 g/mol. The number of rotatable bonds is 8. The first-order valence-corrected chi connectivity index (χ1v) is 39.2. The maximum Gasteiger partial charge on any atom is 0.256 e. The molecule has 0 unspecified atom stereocenters. The van der Waals surface area contributed by atoms with Crippen LogP contribution in [0, 0.1) is 0 Å². The van der Waals surface area contributed by atoms with Crippen LogP contribution in [0.5, 0.6) is 11.5 Å². The Bertz CT molecular complexity index is 7470. The van der Waals surface area contributed by atoms with Crippen LogP contribution in [0.1, 0.15) is 0 Å². The summed E-state index contributed by atoms with van der Waals surface area (Å²) in [5.74, 6) is 1.63. The third kappa shape index (κ3) is 8.98. The summed E-state index contributed by atoms with van der Waals surface area (Å²) in [7, 11) is 0. The fraction of sp³-hybridized carbons (Fsp3) is 0. The summed E-state index contributed by atoms with van der Waals surface area (Å²) in [6.07, 6.45) is 0. The van der Waals surface area contributed by atoms with Gasteiger partial charge in [-0.15, -0.1) is 0 Å². The van der Waals surface area contributed by atoms with Crippen molar-refractivity contribution in [3.05, 3.63) is 364 Å². The SMILES string of the molecule is c1ccc(-c2cccc(-c3ccccc3)c2N2c3cc4c(cc3B3c5ccc(-n6c7ccccc7c7ccccc76)cc5Sc5cc(-c6ccc7oc8ccccc8c7c6)cc2c53)B2c3ccc(-n5c6ccccc6c6ccccc65)cc3Oc3cc(-c5ccc6oc7ccccc7c6c5)cc(c32)N4c2ccccc2)cc1. The van der Waals surface area contributed by atoms with E-state index in [0.717, 1.165) is 167 Å². The van der Waals surface area contributed by atoms with E-state index in [1.54, 1.807) is 0 Å². The maximum absolute atomic E-state index is 7.76. The Morgan fingerprint density at radius 2 is 0.696 bits per heavy atom. The molecule has 25 rings (SSSR count). The molecule has 0 saturated heterocycles. The van der Waals surface area contributed by atoms with Crippen molar-refractivity contribution in [3.63, 3.8) is 0 Å². The van der Waals surface area contributed by atoms with Crippen molar-refractivity contribution in [2.75, 3.05) is 9.80 Å². The minimum Gasteiger partial charge on any atom is -0.458 e. The molecule has 4 aliphatic heterocycles. The lowest BCUT2D eigenvalue weighted by Gasteiger charge is -2.45. The van der Waals surface area contributed by atoms with Gasteiger partial charge in [0.1, 0.15) is 33.8 Å². The number of benzene rings is 17. The van der Waals surface area contributed by atoms with Crippen LogP contribution in [0.4, 0.5) is 34.1 Å². The van der Waals surface area contributed by atoms with E-state index in [4.69, 9.17) is 13.6 Å². The third-order valence-electron chi connectivity index (χ3n) is 24.2. The average Bonchev–Trinajstić information content (AvgIpc) is 0.813. The second-order valence-electron chi connectivity index (χ2n) is 30.1. The zero-order chi connectivity index (χ0) is 73.0. The Balaban J connectivity index is 0.804. The molecule has 0 atom stereocenters. The van der Waals surface area contributed by atoms with Gasteiger partial charge in [-0.3, -0.25) is 0 Å². The van der Waals surface area contributed by atoms with Crippen LogP contribution in [0.25, 0.3) is 143 Å². The summed E-state index contributed by atoms with van der Waals surface area (Å²) in [6.45, 7) is -0.546. The fourth-order valence-corrected chi connectivity index (χ4v) is 20.6. The van der Waals surface area contributed by atoms with Crippen molar-refractivity contribution in [1.29, 1.82) is 0 Å². The summed E-state index contributed by atoms with van der Waals surface area (Å²) < 4.78 is 25.8. The number of para-hydroxylation sites is 8. The van der Waals surface area contributed by atoms with Gasteiger partial charge in [0.2, 0.25) is 6.71 Å². The molecule has 4 aromatic heterocycles. The highest BCUT2D eigenvalue weighted by Gasteiger charge is 2.48. The van der Waals surface area contributed by atoms with E-state index in [1.165, 1.54) is 64.2 Å². The van der Waals surface area contributed by atoms with Gasteiger partial charge in [-0.25, -0.2) is 0 Å². The van der Waals surface area contributed by atoms with Gasteiger partial charge in [-0.2, -0.15) is 0 Å². The van der Waals surface area contributed by atoms with Gasteiger partial charge in [-0.1, -0.05) is 254 Å². The molecule has 0 spiro atoms. The smallest absolute Gasteiger partial charge is 0.256 e. The molecule has 0 bridgehead atoms. The van der Waals surface area contributed by atoms with Gasteiger partial charge in [0.15, 0.2) is 0 Å². The molecule has 112 heavy (non-hydrogen) atoms. The average molecular weight is 1440 g/mol. The topological polar surface area (TPSA) is 51.9 Å². The number of ether oxygens (including phenoxy) is 1. The minimum atomic E-state index is -0.298. The highest BCUT2D eigenvalue weighted by atomic mass is 32.2. The summed E-state index contributed by atoms with van der Waals surface area (Å²) in [5.41, 5.74) is 32.6. The van der Waals surface area contributed by atoms with Crippen LogP contribution in [-0.2, 0) is 0 Å². The molecule has 0 N–H and O–H groups in total. The van der Waals surface area contributed by atoms with Crippen molar-refractivity contribution in [2.24, 2.45) is 0 Å². The Hall–Kier alpha value is -14.2. The zero-order valence-electron chi connectivity index (χ0n) is 60.2. The molecule has 17 aromatic carbocycles. The highest BCUT2D eigenvalue weighted by Crippen LogP contribution is 2.54. The molecule has 0 saturated carbocycles. The van der Waals surface area contributed by atoms with Crippen molar-refractivity contribution in [1.82, 2.24) is 9.13 Å². The first kappa shape index (κ1) is 61.8. The molecule has 0 aliphatic carbocycles. The Labute approximate surface area is 648 Å². The Kier molecular flexibility index (Phi) is 13.1. The lowest BCUT2D eigenvalue weighted by molar-refractivity contribution is 0.487. The van der Waals surface area contributed by atoms with E-state index >= 15 is 0 Å². The van der Waals surface area contributed by atoms with Gasteiger partial charge < -0.3 is 32.5 Å². The molecular formula is C102H60B2N4O3S. The van der Waals surface area contributed by atoms with Gasteiger partial charge in [0.05, 0.1) is 27.8 Å². The molecule has 0 fully saturated rings. The van der Waals surface area contributed by atoms with Crippen LogP contribution in [-0.4, -0.2) is 22.6 Å². The zero-order valence-corrected chi connectivity index (χ0v) is 61.0. The van der Waals surface area contributed by atoms with E-state index in [1.807, 2.05) is 17.8 Å². The molecular weight excluding hydrogens is 1380 g/mol. The normalized spacial score (nSPS) is 13.1. The molecule has 0 radical (unpaired) electrons. The second-order valence-corrected chi connectivity index (χ2v) is 31.2. The van der Waals surface area contributed by atoms with Gasteiger partial charge in [0.25, 0.3) is 6.71 Å². The Morgan fingerprint density at radius 1 is 0.241 bits per heavy atom. The maximum atomic E-state index is 7.76. The van der Waals surface area contributed by atoms with Crippen molar-refractivity contribution in [2.45, 2.75) is 9.79 Å². The molecule has 21 aromatic rings. The number of fused-ring (bicyclic) bond motifs is 20. The number of hydrogen-bond acceptors (Lipinski definition) is 6. The standard InChI is InChI=1S/C102H60B2N4O3S/c1-4-23-61(24-5-1)70-35-22-36-71(62-25-6-2-7-26-62)102(70)108-89-60-88-82(59-83(89)104-81-48-46-69(107-86-39-18-12-31-74(86)75-32-13-19-40-87(75)107)58-98(81)112-99-56-66(54-91(108)101(99)104)64-44-50-95-79(52-64)77-34-15-21-42-93(77)110-95)103-80-47-45-68(106-84-37-16-10-29-72(84)73-30-11-17-38-85(73)106)57-96(80)111-97-55-65(53-90(100(97)103)105(88)67-27-8-3-9-28-67)63-43-49-94-78(51-63)76-33-14-20-41-92(76)109-94/h1-60H. The molecule has 4 aliphatic rings. The molecule has 7 nitrogen and oxygen atoms in total. The first-order chi connectivity index (χ1) is 55.5. The van der Waals surface area contributed by atoms with Crippen LogP contribution < -0.4 is 47.3 Å². The fourth-order valence-electron chi connectivity index (χ4n) is 19.4. The minimum absolute atomic E-state index is 0.247. The van der Waals surface area contributed by atoms with Crippen LogP contribution in [0.2, 0.25) is 0 Å². The number of nitrogens with zero attached hydrogens (tertiary/aromatic N) is 4. The number of hydrogen-bond donors (Lipinski definition) is 0. The number of furan rings is 2. The van der Waals surface area contributed by atoms with Crippen LogP contribution in [0.3, 0.4) is 0 Å². The summed E-state index contributed by atoms with van der Waals surface area (Å²) in [4.78, 5) is 7.65. The molecule has 518 valence electrons. The second kappa shape index (κ2) is 23.7. The highest BCUT2D eigenvalue weighted by molar-refractivity contribution is 8.00. The van der Waals surface area contributed by atoms with E-state index < -0.39 is 0 Å². The summed E-state index contributed by atoms with van der Waals surface area (Å²) in [6, 6.07) is 135. The van der Waals surface area contributed by atoms with Crippen molar-refractivity contribution < 1.29 is 13.6 Å². The molecule has 10 heteroatoms. The predicted octanol–water partition coefficient (Wildman–Crippen LogP) is 23.5. The Morgan fingerprint density at radius 3 is 1.26 bits per heavy atom. The van der Waals surface area contributed by atoms with Crippen molar-refractivity contribution in [3.8, 4) is 67.4 Å². The molecule has 0 amide bonds. The van der Waals surface area contributed by atoms with Crippen molar-refractivity contribution >= 4 is 180 Å². The largest absolute Gasteiger partial charge is 0.458 e. The first-order valence-electron chi connectivity index (χ1n) is 38.4. The third-order valence-corrected chi connectivity index (χ3v) is 25.3. The van der Waals surface area contributed by atoms with E-state index in [2.05, 4.69) is 377 Å². The predicted molar refractivity (Wildman–Crippen MR) is 467 cm³/mol. The van der Waals surface area contributed by atoms with E-state index in [9.17, 15) is 0 Å². The lowest BCUT2D eigenvalue weighted by atomic mass is 9.31. The number of aromatic nitrogens is 2. The van der Waals surface area contributed by atoms with E-state index in [-0.39, 0.29) is 13.4 Å². The number of anilines is 6. The summed E-state index contributed by atoms with van der Waals surface area (Å²) >= 11 is 1.90. The van der Waals surface area contributed by atoms with E-state index in [0.29, 0.717) is 0 Å². The van der Waals surface area contributed by atoms with Gasteiger partial charge in [0, 0.05) is 110 Å². The molecule has 8 heterocycles. The summed E-state index contributed by atoms with van der Waals surface area (Å²) in [5, 5.41) is 9.20. The van der Waals surface area contributed by atoms with Gasteiger partial charge >= 0.3 is 0 Å². The van der Waals surface area contributed by atoms with Gasteiger partial charge in [-0.05, 0) is 182 Å². The van der Waals surface area contributed by atoms with Crippen LogP contribution in [0.15, 0.2) is 383 Å². The van der Waals surface area contributed by atoms with Crippen LogP contribution >= 0.6 is 11.8 Å². The lowest BCUT2D eigenvalue weighted by Crippen LogP contribution is -2.64. The quantitative estimate of drug-likeness (QED) is 0.141.